The van der Waals surface area contributed by atoms with Gasteiger partial charge in [0.15, 0.2) is 18.3 Å². The van der Waals surface area contributed by atoms with E-state index in [1.54, 1.807) is 20.8 Å². The van der Waals surface area contributed by atoms with E-state index >= 15 is 0 Å². The van der Waals surface area contributed by atoms with E-state index in [4.69, 9.17) is 33.2 Å². The Morgan fingerprint density at radius 3 is 1.90 bits per heavy atom. The highest BCUT2D eigenvalue weighted by Gasteiger charge is 2.80. The van der Waals surface area contributed by atoms with Crippen LogP contribution in [0.4, 0.5) is 4.79 Å². The number of hydrogen-bond acceptors (Lipinski definition) is 15. The Labute approximate surface area is 277 Å². The molecule has 3 aliphatic rings. The minimum atomic E-state index is -2.55. The minimum absolute atomic E-state index is 0.603. The lowest BCUT2D eigenvalue weighted by atomic mass is 9.35. The van der Waals surface area contributed by atoms with Crippen LogP contribution in [0.1, 0.15) is 75.7 Å². The Bertz CT molecular complexity index is 1390. The van der Waals surface area contributed by atoms with Crippen molar-refractivity contribution >= 4 is 47.8 Å². The van der Waals surface area contributed by atoms with Gasteiger partial charge in [-0.15, -0.1) is 0 Å². The van der Waals surface area contributed by atoms with Gasteiger partial charge in [-0.25, -0.2) is 9.59 Å². The summed E-state index contributed by atoms with van der Waals surface area (Å²) in [5.74, 6) is -6.30. The van der Waals surface area contributed by atoms with Gasteiger partial charge in [0, 0.05) is 41.0 Å². The maximum Gasteiger partial charge on any atom is 0.360 e. The molecule has 2 heterocycles. The van der Waals surface area contributed by atoms with Crippen molar-refractivity contribution in [2.45, 2.75) is 118 Å². The molecule has 8 atom stereocenters. The monoisotopic (exact) mass is 684 g/mol. The van der Waals surface area contributed by atoms with E-state index in [-0.39, 0.29) is 0 Å². The highest BCUT2D eigenvalue weighted by Crippen LogP contribution is 2.71. The zero-order chi connectivity index (χ0) is 36.7. The molecule has 268 valence electrons. The molecule has 48 heavy (non-hydrogen) atoms. The van der Waals surface area contributed by atoms with Crippen LogP contribution in [-0.2, 0) is 66.7 Å². The first-order valence-electron chi connectivity index (χ1n) is 15.2. The quantitative estimate of drug-likeness (QED) is 0.250. The number of carbonyl (C=O) groups is 8. The highest BCUT2D eigenvalue weighted by molar-refractivity contribution is 6.04. The largest absolute Gasteiger partial charge is 0.465 e. The van der Waals surface area contributed by atoms with Crippen LogP contribution in [-0.4, -0.2) is 109 Å². The Kier molecular flexibility index (Phi) is 10.6. The van der Waals surface area contributed by atoms with E-state index in [9.17, 15) is 38.4 Å². The van der Waals surface area contributed by atoms with E-state index in [0.29, 0.717) is 0 Å². The third-order valence-electron chi connectivity index (χ3n) is 10.1. The average Bonchev–Trinajstić information content (AvgIpc) is 2.95. The number of fused-ring (bicyclic) bond motifs is 1. The number of nitrogens with one attached hydrogen (secondary N) is 1. The first-order chi connectivity index (χ1) is 22.0. The first-order valence-corrected chi connectivity index (χ1v) is 15.2. The smallest absolute Gasteiger partial charge is 0.360 e. The van der Waals surface area contributed by atoms with Crippen molar-refractivity contribution in [1.82, 2.24) is 10.2 Å². The Morgan fingerprint density at radius 2 is 1.42 bits per heavy atom. The van der Waals surface area contributed by atoms with Gasteiger partial charge in [0.1, 0.15) is 18.8 Å². The number of nitrogens with zero attached hydrogens (tertiary/aromatic N) is 1. The number of ether oxygens (including phenoxy) is 7. The van der Waals surface area contributed by atoms with E-state index < -0.39 is 119 Å². The summed E-state index contributed by atoms with van der Waals surface area (Å²) in [6, 6.07) is -2.09. The minimum Gasteiger partial charge on any atom is -0.465 e. The maximum absolute atomic E-state index is 14.1. The van der Waals surface area contributed by atoms with Crippen molar-refractivity contribution in [1.29, 1.82) is 0 Å². The molecule has 0 radical (unpaired) electrons. The molecule has 1 saturated carbocycles. The predicted octanol–water partition coefficient (Wildman–Crippen LogP) is 0.927. The molecule has 0 aromatic heterocycles. The SMILES string of the molecule is COC(=O)[C@@]1(N2C(=O)NC(=O)[C@@]3(C)[C@@H]2C(C)(C)C3(C)C)C[C@H](OC(C)=O)[C@@H](OC(C)=O)[C@H]([C@H](OC(C)=O)[C@@H](COC(C)=O)OC(C)=O)O1. The molecule has 3 fully saturated rings. The molecule has 0 aromatic rings. The fourth-order valence-corrected chi connectivity index (χ4v) is 7.31. The number of urea groups is 1. The van der Waals surface area contributed by atoms with Crippen LogP contribution in [0.5, 0.6) is 0 Å². The van der Waals surface area contributed by atoms with Crippen LogP contribution in [0.25, 0.3) is 0 Å². The van der Waals surface area contributed by atoms with Crippen molar-refractivity contribution in [2.24, 2.45) is 16.2 Å². The molecule has 0 unspecified atom stereocenters. The van der Waals surface area contributed by atoms with Gasteiger partial charge in [-0.3, -0.25) is 39.0 Å². The number of rotatable bonds is 10. The first kappa shape index (κ1) is 38.2. The molecule has 0 spiro atoms. The molecule has 3 rings (SSSR count). The summed E-state index contributed by atoms with van der Waals surface area (Å²) in [6.45, 7) is 13.3. The molecule has 2 aliphatic heterocycles. The van der Waals surface area contributed by atoms with Crippen molar-refractivity contribution in [3.8, 4) is 0 Å². The van der Waals surface area contributed by atoms with Crippen molar-refractivity contribution in [3.63, 3.8) is 0 Å². The van der Waals surface area contributed by atoms with Gasteiger partial charge in [0.25, 0.3) is 0 Å². The zero-order valence-corrected chi connectivity index (χ0v) is 28.9. The average molecular weight is 685 g/mol. The van der Waals surface area contributed by atoms with Gasteiger partial charge >= 0.3 is 41.8 Å². The van der Waals surface area contributed by atoms with Crippen molar-refractivity contribution in [3.05, 3.63) is 0 Å². The maximum atomic E-state index is 14.1. The molecule has 3 amide bonds. The fraction of sp³-hybridized carbons (Fsp3) is 0.742. The second kappa shape index (κ2) is 13.3. The molecule has 1 N–H and O–H groups in total. The molecule has 1 aliphatic carbocycles. The van der Waals surface area contributed by atoms with Crippen LogP contribution in [0.2, 0.25) is 0 Å². The molecule has 2 saturated heterocycles. The van der Waals surface area contributed by atoms with Gasteiger partial charge in [-0.1, -0.05) is 27.7 Å². The van der Waals surface area contributed by atoms with Crippen LogP contribution in [0.15, 0.2) is 0 Å². The molecule has 17 nitrogen and oxygen atoms in total. The lowest BCUT2D eigenvalue weighted by molar-refractivity contribution is -0.324. The van der Waals surface area contributed by atoms with Crippen LogP contribution in [0.3, 0.4) is 0 Å². The number of methoxy groups -OCH3 is 1. The topological polar surface area (TPSA) is 216 Å². The fourth-order valence-electron chi connectivity index (χ4n) is 7.31. The van der Waals surface area contributed by atoms with Gasteiger partial charge in [0.05, 0.1) is 18.6 Å². The number of carbonyl (C=O) groups excluding carboxylic acids is 8. The second-order valence-corrected chi connectivity index (χ2v) is 13.4. The summed E-state index contributed by atoms with van der Waals surface area (Å²) in [5.41, 5.74) is -5.50. The second-order valence-electron chi connectivity index (χ2n) is 13.4. The zero-order valence-electron chi connectivity index (χ0n) is 28.9. The standard InChI is InChI=1S/C31H44N2O15/c1-14(34)43-13-20(45-16(3)36)22(47-18(5)38)23-21(46-17(4)37)19(44-15(2)35)12-31(48-23,26(40)42-11)33-24-28(6,7)29(8,9)30(24,10)25(39)32-27(33)41/h19-24H,12-13H2,1-11H3,(H,32,39,41)/t19-,20+,21+,22+,23+,24-,30+,31+/m0/s1. The summed E-state index contributed by atoms with van der Waals surface area (Å²) in [7, 11) is 1.01. The van der Waals surface area contributed by atoms with Crippen molar-refractivity contribution < 1.29 is 71.5 Å². The highest BCUT2D eigenvalue weighted by atomic mass is 16.7. The summed E-state index contributed by atoms with van der Waals surface area (Å²) >= 11 is 0. The molecular weight excluding hydrogens is 640 g/mol. The molecule has 0 aromatic carbocycles. The van der Waals surface area contributed by atoms with Crippen molar-refractivity contribution in [2.75, 3.05) is 13.7 Å². The van der Waals surface area contributed by atoms with Gasteiger partial charge in [0.2, 0.25) is 11.6 Å². The van der Waals surface area contributed by atoms with E-state index in [1.165, 1.54) is 0 Å². The lowest BCUT2D eigenvalue weighted by Crippen LogP contribution is -2.88. The Balaban J connectivity index is 2.39. The number of esters is 6. The molecular formula is C31H44N2O15. The Morgan fingerprint density at radius 1 is 0.854 bits per heavy atom. The molecule has 0 bridgehead atoms. The normalized spacial score (nSPS) is 31.4. The van der Waals surface area contributed by atoms with E-state index in [0.717, 1.165) is 46.6 Å². The van der Waals surface area contributed by atoms with E-state index in [1.807, 2.05) is 13.8 Å². The third kappa shape index (κ3) is 6.31. The summed E-state index contributed by atoms with van der Waals surface area (Å²) in [5, 5.41) is 2.31. The number of imide groups is 1. The van der Waals surface area contributed by atoms with Crippen LogP contribution in [0, 0.1) is 16.2 Å². The molecule has 17 heteroatoms. The summed E-state index contributed by atoms with van der Waals surface area (Å²) in [4.78, 5) is 104. The van der Waals surface area contributed by atoms with Gasteiger partial charge in [-0.2, -0.15) is 0 Å². The van der Waals surface area contributed by atoms with Crippen LogP contribution < -0.4 is 5.32 Å². The summed E-state index contributed by atoms with van der Waals surface area (Å²) in [6.07, 6.45) is -9.30. The third-order valence-corrected chi connectivity index (χ3v) is 10.1. The van der Waals surface area contributed by atoms with Gasteiger partial charge in [-0.05, 0) is 17.8 Å². The lowest BCUT2D eigenvalue weighted by Gasteiger charge is -2.75. The number of amides is 3. The van der Waals surface area contributed by atoms with Crippen LogP contribution >= 0.6 is 0 Å². The van der Waals surface area contributed by atoms with E-state index in [2.05, 4.69) is 5.32 Å². The predicted molar refractivity (Wildman–Crippen MR) is 158 cm³/mol. The Hall–Kier alpha value is -4.28. The van der Waals surface area contributed by atoms with Gasteiger partial charge < -0.3 is 33.2 Å². The summed E-state index contributed by atoms with van der Waals surface area (Å²) < 4.78 is 38.8. The number of hydrogen-bond donors (Lipinski definition) is 1.